The molecule has 0 fully saturated rings. The molecule has 0 saturated heterocycles. The molecule has 0 spiro atoms. The number of aromatic nitrogens is 5. The molecule has 0 aliphatic carbocycles. The molecule has 3 aromatic heterocycles. The molecule has 0 aromatic carbocycles. The van der Waals surface area contributed by atoms with Crippen molar-refractivity contribution in [1.29, 1.82) is 0 Å². The molecule has 1 aliphatic rings. The van der Waals surface area contributed by atoms with E-state index in [2.05, 4.69) is 26.5 Å². The van der Waals surface area contributed by atoms with Gasteiger partial charge in [-0.25, -0.2) is 19.9 Å². The second-order valence-corrected chi connectivity index (χ2v) is 7.06. The lowest BCUT2D eigenvalue weighted by Crippen LogP contribution is -2.38. The van der Waals surface area contributed by atoms with Crippen molar-refractivity contribution in [3.8, 4) is 11.4 Å². The molecule has 30 heavy (non-hydrogen) atoms. The molecule has 0 saturated carbocycles. The van der Waals surface area contributed by atoms with Gasteiger partial charge in [0.15, 0.2) is 0 Å². The predicted molar refractivity (Wildman–Crippen MR) is 101 cm³/mol. The molecule has 154 valence electrons. The fourth-order valence-electron chi connectivity index (χ4n) is 3.12. The maximum absolute atomic E-state index is 13.0. The molecule has 3 aromatic rings. The molecule has 0 unspecified atom stereocenters. The quantitative estimate of drug-likeness (QED) is 0.584. The lowest BCUT2D eigenvalue weighted by Gasteiger charge is -2.29. The third kappa shape index (κ3) is 3.65. The third-order valence-corrected chi connectivity index (χ3v) is 4.73. The summed E-state index contributed by atoms with van der Waals surface area (Å²) in [5.74, 6) is -0.368. The number of hydrogen-bond donors (Lipinski definition) is 0. The first-order valence-electron chi connectivity index (χ1n) is 8.73. The number of aryl methyl sites for hydroxylation is 1. The topological polar surface area (TPSA) is 76.8 Å². The molecule has 0 bridgehead atoms. The van der Waals surface area contributed by atoms with Crippen LogP contribution in [0.1, 0.15) is 27.6 Å². The highest BCUT2D eigenvalue weighted by atomic mass is 35.5. The monoisotopic (exact) mass is 434 g/mol. The van der Waals surface area contributed by atoms with E-state index in [1.165, 1.54) is 17.0 Å². The van der Waals surface area contributed by atoms with Crippen molar-refractivity contribution < 1.29 is 18.0 Å². The van der Waals surface area contributed by atoms with Gasteiger partial charge in [0.25, 0.3) is 5.91 Å². The van der Waals surface area contributed by atoms with Crippen molar-refractivity contribution in [3.05, 3.63) is 70.9 Å². The Morgan fingerprint density at radius 3 is 2.73 bits per heavy atom. The first kappa shape index (κ1) is 20.0. The molecule has 4 heterocycles. The van der Waals surface area contributed by atoms with Crippen LogP contribution in [-0.2, 0) is 19.3 Å². The smallest absolute Gasteiger partial charge is 0.320 e. The van der Waals surface area contributed by atoms with Gasteiger partial charge in [-0.15, -0.1) is 0 Å². The highest BCUT2D eigenvalue weighted by molar-refractivity contribution is 6.28. The average Bonchev–Trinajstić information content (AvgIpc) is 3.10. The van der Waals surface area contributed by atoms with Gasteiger partial charge in [0.2, 0.25) is 11.1 Å². The molecule has 4 rings (SSSR count). The Morgan fingerprint density at radius 2 is 2.00 bits per heavy atom. The van der Waals surface area contributed by atoms with Crippen molar-refractivity contribution >= 4 is 17.5 Å². The van der Waals surface area contributed by atoms with Crippen molar-refractivity contribution in [2.24, 2.45) is 0 Å². The summed E-state index contributed by atoms with van der Waals surface area (Å²) in [5.41, 5.74) is 1.14. The van der Waals surface area contributed by atoms with E-state index < -0.39 is 17.8 Å². The standard InChI is InChI=1S/C19H14ClF3N6O/c1-10-6-24-18(20)27-15(10)13-9-28-7-11(2)29(17(30)16(28)26-13)8-12-4-3-5-14(25-12)19(21,22)23/h3-6,9H,2,7-8H2,1H3. The Labute approximate surface area is 173 Å². The molecule has 1 aliphatic heterocycles. The van der Waals surface area contributed by atoms with Crippen LogP contribution in [0.4, 0.5) is 13.2 Å². The van der Waals surface area contributed by atoms with E-state index in [4.69, 9.17) is 11.6 Å². The van der Waals surface area contributed by atoms with Gasteiger partial charge in [-0.2, -0.15) is 13.2 Å². The number of carbonyl (C=O) groups excluding carboxylic acids is 1. The zero-order valence-electron chi connectivity index (χ0n) is 15.6. The van der Waals surface area contributed by atoms with Crippen LogP contribution >= 0.6 is 11.6 Å². The van der Waals surface area contributed by atoms with Gasteiger partial charge in [0.05, 0.1) is 24.5 Å². The summed E-state index contributed by atoms with van der Waals surface area (Å²) in [5, 5.41) is 0.0505. The summed E-state index contributed by atoms with van der Waals surface area (Å²) in [4.78, 5) is 30.3. The number of fused-ring (bicyclic) bond motifs is 1. The molecular formula is C19H14ClF3N6O. The van der Waals surface area contributed by atoms with Gasteiger partial charge in [0, 0.05) is 18.1 Å². The van der Waals surface area contributed by atoms with E-state index in [1.54, 1.807) is 23.9 Å². The number of hydrogen-bond acceptors (Lipinski definition) is 5. The zero-order valence-corrected chi connectivity index (χ0v) is 16.4. The van der Waals surface area contributed by atoms with E-state index >= 15 is 0 Å². The number of pyridine rings is 1. The van der Waals surface area contributed by atoms with Gasteiger partial charge in [-0.1, -0.05) is 12.6 Å². The summed E-state index contributed by atoms with van der Waals surface area (Å²) in [6.45, 7) is 5.76. The number of nitrogens with zero attached hydrogens (tertiary/aromatic N) is 6. The van der Waals surface area contributed by atoms with Gasteiger partial charge in [0.1, 0.15) is 11.4 Å². The minimum Gasteiger partial charge on any atom is -0.320 e. The Morgan fingerprint density at radius 1 is 1.23 bits per heavy atom. The minimum atomic E-state index is -4.57. The third-order valence-electron chi connectivity index (χ3n) is 4.55. The van der Waals surface area contributed by atoms with E-state index in [9.17, 15) is 18.0 Å². The van der Waals surface area contributed by atoms with Crippen molar-refractivity contribution in [2.75, 3.05) is 0 Å². The van der Waals surface area contributed by atoms with Crippen LogP contribution in [-0.4, -0.2) is 35.3 Å². The molecule has 0 N–H and O–H groups in total. The number of allylic oxidation sites excluding steroid dienone is 1. The first-order valence-corrected chi connectivity index (χ1v) is 9.10. The second-order valence-electron chi connectivity index (χ2n) is 6.72. The maximum Gasteiger partial charge on any atom is 0.433 e. The zero-order chi connectivity index (χ0) is 21.6. The Kier molecular flexibility index (Phi) is 4.81. The summed E-state index contributed by atoms with van der Waals surface area (Å²) < 4.78 is 40.4. The number of imidazole rings is 1. The maximum atomic E-state index is 13.0. The lowest BCUT2D eigenvalue weighted by atomic mass is 10.2. The summed E-state index contributed by atoms with van der Waals surface area (Å²) >= 11 is 5.87. The minimum absolute atomic E-state index is 0.0505. The van der Waals surface area contributed by atoms with Crippen LogP contribution < -0.4 is 0 Å². The summed E-state index contributed by atoms with van der Waals surface area (Å²) in [6, 6.07) is 3.56. The SMILES string of the molecule is C=C1Cn2cc(-c3nc(Cl)ncc3C)nc2C(=O)N1Cc1cccc(C(F)(F)F)n1. The predicted octanol–water partition coefficient (Wildman–Crippen LogP) is 3.89. The first-order chi connectivity index (χ1) is 14.1. The van der Waals surface area contributed by atoms with Gasteiger partial charge < -0.3 is 9.47 Å². The Balaban J connectivity index is 1.65. The molecule has 1 amide bonds. The molecule has 0 atom stereocenters. The average molecular weight is 435 g/mol. The molecule has 11 heteroatoms. The number of alkyl halides is 3. The second kappa shape index (κ2) is 7.21. The van der Waals surface area contributed by atoms with Crippen LogP contribution in [0.3, 0.4) is 0 Å². The molecule has 7 nitrogen and oxygen atoms in total. The van der Waals surface area contributed by atoms with Gasteiger partial charge in [-0.05, 0) is 36.2 Å². The van der Waals surface area contributed by atoms with E-state index in [0.717, 1.165) is 11.6 Å². The Bertz CT molecular complexity index is 1170. The largest absolute Gasteiger partial charge is 0.433 e. The van der Waals surface area contributed by atoms with E-state index in [0.29, 0.717) is 17.1 Å². The summed E-state index contributed by atoms with van der Waals surface area (Å²) in [6.07, 6.45) is -1.36. The number of carbonyl (C=O) groups is 1. The number of halogens is 4. The fourth-order valence-corrected chi connectivity index (χ4v) is 3.25. The highest BCUT2D eigenvalue weighted by Crippen LogP contribution is 2.29. The van der Waals surface area contributed by atoms with E-state index in [-0.39, 0.29) is 29.9 Å². The fraction of sp³-hybridized carbons (Fsp3) is 0.211. The van der Waals surface area contributed by atoms with Crippen LogP contribution in [0.25, 0.3) is 11.4 Å². The lowest BCUT2D eigenvalue weighted by molar-refractivity contribution is -0.141. The number of rotatable bonds is 3. The summed E-state index contributed by atoms with van der Waals surface area (Å²) in [7, 11) is 0. The van der Waals surface area contributed by atoms with Crippen molar-refractivity contribution in [1.82, 2.24) is 29.4 Å². The van der Waals surface area contributed by atoms with Crippen LogP contribution in [0, 0.1) is 6.92 Å². The van der Waals surface area contributed by atoms with E-state index in [1.807, 2.05) is 0 Å². The normalized spacial score (nSPS) is 14.2. The van der Waals surface area contributed by atoms with Crippen molar-refractivity contribution in [3.63, 3.8) is 0 Å². The number of amides is 1. The van der Waals surface area contributed by atoms with Crippen LogP contribution in [0.15, 0.2) is 42.9 Å². The van der Waals surface area contributed by atoms with Gasteiger partial charge >= 0.3 is 6.18 Å². The van der Waals surface area contributed by atoms with Crippen LogP contribution in [0.5, 0.6) is 0 Å². The Hall–Kier alpha value is -3.27. The van der Waals surface area contributed by atoms with Crippen molar-refractivity contribution in [2.45, 2.75) is 26.2 Å². The molecular weight excluding hydrogens is 421 g/mol. The van der Waals surface area contributed by atoms with Crippen LogP contribution in [0.2, 0.25) is 5.28 Å². The highest BCUT2D eigenvalue weighted by Gasteiger charge is 2.34. The van der Waals surface area contributed by atoms with Gasteiger partial charge in [-0.3, -0.25) is 4.79 Å². The molecule has 0 radical (unpaired) electrons.